The van der Waals surface area contributed by atoms with Crippen molar-refractivity contribution in [3.05, 3.63) is 46.6 Å². The molecule has 2 atom stereocenters. The summed E-state index contributed by atoms with van der Waals surface area (Å²) in [6.45, 7) is 2.09. The second-order valence-corrected chi connectivity index (χ2v) is 7.21. The van der Waals surface area contributed by atoms with Gasteiger partial charge in [0.05, 0.1) is 0 Å². The van der Waals surface area contributed by atoms with Gasteiger partial charge >= 0.3 is 0 Å². The van der Waals surface area contributed by atoms with E-state index in [1.807, 2.05) is 11.9 Å². The third kappa shape index (κ3) is 5.12. The molecule has 0 spiro atoms. The predicted molar refractivity (Wildman–Crippen MR) is 92.8 cm³/mol. The van der Waals surface area contributed by atoms with E-state index in [9.17, 15) is 8.78 Å². The third-order valence-corrected chi connectivity index (χ3v) is 5.24. The molecule has 0 amide bonds. The minimum Gasteiger partial charge on any atom is -0.388 e. The summed E-state index contributed by atoms with van der Waals surface area (Å²) >= 11 is 7.61. The molecule has 1 heterocycles. The molecule has 131 valence electrons. The molecule has 1 saturated carbocycles. The van der Waals surface area contributed by atoms with Crippen LogP contribution in [0, 0.1) is 17.7 Å². The summed E-state index contributed by atoms with van der Waals surface area (Å²) < 4.78 is 26.5. The molecule has 0 aliphatic heterocycles. The van der Waals surface area contributed by atoms with Gasteiger partial charge in [-0.3, -0.25) is 0 Å². The number of aromatic nitrogens is 2. The summed E-state index contributed by atoms with van der Waals surface area (Å²) in [4.78, 5) is 10.7. The fourth-order valence-corrected chi connectivity index (χ4v) is 3.55. The first-order valence-electron chi connectivity index (χ1n) is 7.77. The molecule has 0 bridgehead atoms. The van der Waals surface area contributed by atoms with Crippen molar-refractivity contribution in [2.24, 2.45) is 0 Å². The van der Waals surface area contributed by atoms with Crippen LogP contribution in [0.2, 0.25) is 5.15 Å². The zero-order valence-corrected chi connectivity index (χ0v) is 18.4. The molecule has 0 N–H and O–H groups in total. The number of thioether (sulfide) groups is 1. The standard InChI is InChI=1S/C17H17ClF2N3S.Y/c1-3-6-24-17-21-15(18)9-16(22-17)23(2)14-8-11(14)10-4-5-12(19)13(20)7-10;/h4-5,7,11,14H,3,6,8H2,1-2H3;/q-1;/t11-,14+;/m0./s1. The van der Waals surface area contributed by atoms with Crippen molar-refractivity contribution >= 4 is 29.2 Å². The second-order valence-electron chi connectivity index (χ2n) is 5.79. The van der Waals surface area contributed by atoms with Crippen molar-refractivity contribution < 1.29 is 41.5 Å². The zero-order chi connectivity index (χ0) is 17.3. The largest absolute Gasteiger partial charge is 0.388 e. The van der Waals surface area contributed by atoms with Crippen molar-refractivity contribution in [3.63, 3.8) is 0 Å². The van der Waals surface area contributed by atoms with Gasteiger partial charge in [0, 0.05) is 57.5 Å². The van der Waals surface area contributed by atoms with Gasteiger partial charge in [-0.2, -0.15) is 0 Å². The van der Waals surface area contributed by atoms with Gasteiger partial charge in [0.1, 0.15) is 0 Å². The molecule has 0 saturated heterocycles. The molecule has 8 heteroatoms. The van der Waals surface area contributed by atoms with Gasteiger partial charge < -0.3 is 11.0 Å². The van der Waals surface area contributed by atoms with Crippen LogP contribution in [0.25, 0.3) is 0 Å². The number of rotatable bonds is 6. The van der Waals surface area contributed by atoms with Crippen LogP contribution >= 0.6 is 23.4 Å². The number of hydrogen-bond acceptors (Lipinski definition) is 4. The summed E-state index contributed by atoms with van der Waals surface area (Å²) in [5.74, 6) is 0.0703. The Morgan fingerprint density at radius 1 is 1.32 bits per heavy atom. The predicted octanol–water partition coefficient (Wildman–Crippen LogP) is 4.70. The maximum absolute atomic E-state index is 13.4. The van der Waals surface area contributed by atoms with E-state index < -0.39 is 11.6 Å². The average molecular weight is 458 g/mol. The van der Waals surface area contributed by atoms with Gasteiger partial charge in [0.15, 0.2) is 16.8 Å². The van der Waals surface area contributed by atoms with Crippen LogP contribution in [-0.2, 0) is 32.7 Å². The molecule has 1 radical (unpaired) electrons. The molecule has 1 aliphatic rings. The molecule has 2 aromatic rings. The van der Waals surface area contributed by atoms with Crippen molar-refractivity contribution in [3.8, 4) is 0 Å². The zero-order valence-electron chi connectivity index (χ0n) is 14.0. The molecule has 0 unspecified atom stereocenters. The number of nitrogens with zero attached hydrogens (tertiary/aromatic N) is 3. The van der Waals surface area contributed by atoms with Crippen LogP contribution < -0.4 is 4.90 Å². The van der Waals surface area contributed by atoms with Crippen molar-refractivity contribution in [2.75, 3.05) is 17.7 Å². The number of halogens is 3. The van der Waals surface area contributed by atoms with Crippen LogP contribution in [-0.4, -0.2) is 28.8 Å². The van der Waals surface area contributed by atoms with Crippen molar-refractivity contribution in [2.45, 2.75) is 36.9 Å². The monoisotopic (exact) mass is 457 g/mol. The van der Waals surface area contributed by atoms with E-state index in [-0.39, 0.29) is 49.8 Å². The van der Waals surface area contributed by atoms with Gasteiger partial charge in [-0.15, -0.1) is 11.6 Å². The van der Waals surface area contributed by atoms with Gasteiger partial charge in [-0.1, -0.05) is 24.8 Å². The first kappa shape index (κ1) is 21.0. The maximum Gasteiger partial charge on any atom is 0.185 e. The van der Waals surface area contributed by atoms with Crippen LogP contribution in [0.4, 0.5) is 14.6 Å². The van der Waals surface area contributed by atoms with Crippen molar-refractivity contribution in [1.82, 2.24) is 9.97 Å². The molecule has 1 aliphatic carbocycles. The fourth-order valence-electron chi connectivity index (χ4n) is 2.64. The van der Waals surface area contributed by atoms with E-state index in [2.05, 4.69) is 23.0 Å². The molecular formula is C17H17ClF2N3SY-. The maximum atomic E-state index is 13.4. The van der Waals surface area contributed by atoms with E-state index in [0.717, 1.165) is 24.2 Å². The Morgan fingerprint density at radius 3 is 2.76 bits per heavy atom. The minimum absolute atomic E-state index is 0. The SMILES string of the molecule is CCCSc1nc(Cl)[c-]c(N(C)[C@@H]2C[C@H]2c2ccc(F)c(F)c2)n1.[Y]. The van der Waals surface area contributed by atoms with E-state index in [1.54, 1.807) is 17.8 Å². The summed E-state index contributed by atoms with van der Waals surface area (Å²) in [6, 6.07) is 7.21. The number of benzene rings is 1. The third-order valence-electron chi connectivity index (χ3n) is 4.01. The average Bonchev–Trinajstić information content (AvgIpc) is 3.35. The summed E-state index contributed by atoms with van der Waals surface area (Å²) in [5.41, 5.74) is 0.798. The van der Waals surface area contributed by atoms with Gasteiger partial charge in [-0.05, 0) is 41.5 Å². The van der Waals surface area contributed by atoms with Crippen LogP contribution in [0.15, 0.2) is 23.4 Å². The van der Waals surface area contributed by atoms with Crippen LogP contribution in [0.5, 0.6) is 0 Å². The Bertz CT molecular complexity index is 750. The summed E-state index contributed by atoms with van der Waals surface area (Å²) in [6.07, 6.45) is 1.88. The van der Waals surface area contributed by atoms with Crippen LogP contribution in [0.3, 0.4) is 0 Å². The molecule has 3 rings (SSSR count). The normalized spacial score (nSPS) is 18.6. The van der Waals surface area contributed by atoms with E-state index in [0.29, 0.717) is 11.0 Å². The van der Waals surface area contributed by atoms with E-state index in [4.69, 9.17) is 11.6 Å². The number of likely N-dealkylation sites (N-methyl/N-ethyl adjacent to an activating group) is 1. The minimum atomic E-state index is -0.821. The Hall–Kier alpha value is -0.296. The summed E-state index contributed by atoms with van der Waals surface area (Å²) in [7, 11) is 1.91. The fraction of sp³-hybridized carbons (Fsp3) is 0.412. The molecule has 1 aromatic heterocycles. The van der Waals surface area contributed by atoms with Gasteiger partial charge in [0.25, 0.3) is 0 Å². The Kier molecular flexibility index (Phi) is 7.62. The topological polar surface area (TPSA) is 29.0 Å². The molecule has 1 aromatic carbocycles. The Labute approximate surface area is 180 Å². The second kappa shape index (κ2) is 9.07. The quantitative estimate of drug-likeness (QED) is 0.272. The Morgan fingerprint density at radius 2 is 2.08 bits per heavy atom. The van der Waals surface area contributed by atoms with Crippen LogP contribution in [0.1, 0.15) is 31.2 Å². The van der Waals surface area contributed by atoms with Crippen molar-refractivity contribution in [1.29, 1.82) is 0 Å². The number of hydrogen-bond donors (Lipinski definition) is 0. The molecular weight excluding hydrogens is 441 g/mol. The number of anilines is 1. The van der Waals surface area contributed by atoms with E-state index in [1.165, 1.54) is 12.1 Å². The first-order chi connectivity index (χ1) is 11.5. The smallest absolute Gasteiger partial charge is 0.185 e. The van der Waals surface area contributed by atoms with Gasteiger partial charge in [-0.25, -0.2) is 18.7 Å². The molecule has 3 nitrogen and oxygen atoms in total. The van der Waals surface area contributed by atoms with E-state index >= 15 is 0 Å². The van der Waals surface area contributed by atoms with Gasteiger partial charge in [0.2, 0.25) is 0 Å². The summed E-state index contributed by atoms with van der Waals surface area (Å²) in [5, 5.41) is 0.919. The molecule has 25 heavy (non-hydrogen) atoms. The molecule has 1 fully saturated rings. The first-order valence-corrected chi connectivity index (χ1v) is 9.13. The Balaban J connectivity index is 0.00000225.